The first-order valence-electron chi connectivity index (χ1n) is 9.01. The molecule has 0 fully saturated rings. The number of carbonyl (C=O) groups excluding carboxylic acids is 1. The molecule has 0 aliphatic carbocycles. The van der Waals surface area contributed by atoms with Crippen LogP contribution in [0.1, 0.15) is 27.2 Å². The molecule has 27 heavy (non-hydrogen) atoms. The Balaban J connectivity index is 1.46. The maximum absolute atomic E-state index is 12.6. The number of anilines is 1. The number of fused-ring (bicyclic) bond motifs is 1. The van der Waals surface area contributed by atoms with E-state index in [1.165, 1.54) is 5.56 Å². The number of ether oxygens (including phenoxy) is 1. The van der Waals surface area contributed by atoms with E-state index < -0.39 is 0 Å². The summed E-state index contributed by atoms with van der Waals surface area (Å²) >= 11 is 0. The van der Waals surface area contributed by atoms with Crippen LogP contribution in [0.5, 0.6) is 5.75 Å². The Morgan fingerprint density at radius 2 is 1.96 bits per heavy atom. The number of benzene rings is 2. The summed E-state index contributed by atoms with van der Waals surface area (Å²) in [7, 11) is 1.56. The van der Waals surface area contributed by atoms with Crippen molar-refractivity contribution in [3.63, 3.8) is 0 Å². The van der Waals surface area contributed by atoms with Crippen molar-refractivity contribution < 1.29 is 9.53 Å². The zero-order valence-corrected chi connectivity index (χ0v) is 15.2. The average molecular weight is 362 g/mol. The number of aromatic amines is 1. The van der Waals surface area contributed by atoms with Gasteiger partial charge >= 0.3 is 0 Å². The van der Waals surface area contributed by atoms with E-state index in [-0.39, 0.29) is 5.91 Å². The molecule has 6 nitrogen and oxygen atoms in total. The summed E-state index contributed by atoms with van der Waals surface area (Å²) in [6.07, 6.45) is 0.847. The van der Waals surface area contributed by atoms with Gasteiger partial charge in [0.05, 0.1) is 18.4 Å². The smallest absolute Gasteiger partial charge is 0.260 e. The van der Waals surface area contributed by atoms with Crippen LogP contribution in [0.15, 0.2) is 54.6 Å². The van der Waals surface area contributed by atoms with Crippen LogP contribution in [0.2, 0.25) is 0 Å². The molecular weight excluding hydrogens is 340 g/mol. The summed E-state index contributed by atoms with van der Waals surface area (Å²) in [4.78, 5) is 15.0. The molecule has 1 amide bonds. The van der Waals surface area contributed by atoms with Gasteiger partial charge in [-0.2, -0.15) is 5.10 Å². The lowest BCUT2D eigenvalue weighted by Crippen LogP contribution is -2.30. The van der Waals surface area contributed by atoms with Crippen LogP contribution in [0.3, 0.4) is 0 Å². The molecule has 0 saturated heterocycles. The molecule has 0 spiro atoms. The number of amides is 1. The van der Waals surface area contributed by atoms with Gasteiger partial charge in [0.2, 0.25) is 0 Å². The SMILES string of the molecule is COc1ccccc1C(=O)Nc1n[nH]c2c1CCN(Cc1ccccc1)C2. The van der Waals surface area contributed by atoms with Crippen LogP contribution in [0.4, 0.5) is 5.82 Å². The van der Waals surface area contributed by atoms with Gasteiger partial charge in [-0.3, -0.25) is 14.8 Å². The quantitative estimate of drug-likeness (QED) is 0.731. The third-order valence-electron chi connectivity index (χ3n) is 4.85. The number of hydrogen-bond acceptors (Lipinski definition) is 4. The summed E-state index contributed by atoms with van der Waals surface area (Å²) in [5.74, 6) is 0.946. The second-order valence-electron chi connectivity index (χ2n) is 6.63. The lowest BCUT2D eigenvalue weighted by atomic mass is 10.1. The van der Waals surface area contributed by atoms with Crippen molar-refractivity contribution in [1.29, 1.82) is 0 Å². The molecule has 1 aromatic heterocycles. The predicted molar refractivity (Wildman–Crippen MR) is 104 cm³/mol. The van der Waals surface area contributed by atoms with Gasteiger partial charge in [-0.25, -0.2) is 0 Å². The summed E-state index contributed by atoms with van der Waals surface area (Å²) in [6.45, 7) is 2.63. The fraction of sp³-hybridized carbons (Fsp3) is 0.238. The monoisotopic (exact) mass is 362 g/mol. The Labute approximate surface area is 158 Å². The first-order chi connectivity index (χ1) is 13.2. The van der Waals surface area contributed by atoms with E-state index in [4.69, 9.17) is 4.74 Å². The normalized spacial score (nSPS) is 13.8. The lowest BCUT2D eigenvalue weighted by molar-refractivity contribution is 0.102. The summed E-state index contributed by atoms with van der Waals surface area (Å²) in [5.41, 5.74) is 3.94. The standard InChI is InChI=1S/C21H22N4O2/c1-27-19-10-6-5-9-17(19)21(26)22-20-16-11-12-25(14-18(16)23-24-20)13-15-7-3-2-4-8-15/h2-10H,11-14H2,1H3,(H2,22,23,24,26). The zero-order valence-electron chi connectivity index (χ0n) is 15.2. The molecule has 2 N–H and O–H groups in total. The van der Waals surface area contributed by atoms with Gasteiger partial charge in [0.25, 0.3) is 5.91 Å². The van der Waals surface area contributed by atoms with E-state index >= 15 is 0 Å². The third-order valence-corrected chi connectivity index (χ3v) is 4.85. The fourth-order valence-electron chi connectivity index (χ4n) is 3.46. The molecule has 3 aromatic rings. The molecule has 2 aromatic carbocycles. The largest absolute Gasteiger partial charge is 0.496 e. The van der Waals surface area contributed by atoms with Gasteiger partial charge < -0.3 is 10.1 Å². The predicted octanol–water partition coefficient (Wildman–Crippen LogP) is 3.23. The van der Waals surface area contributed by atoms with Crippen LogP contribution >= 0.6 is 0 Å². The van der Waals surface area contributed by atoms with Crippen molar-refractivity contribution in [1.82, 2.24) is 15.1 Å². The first kappa shape index (κ1) is 17.3. The molecule has 0 unspecified atom stereocenters. The highest BCUT2D eigenvalue weighted by atomic mass is 16.5. The molecular formula is C21H22N4O2. The third kappa shape index (κ3) is 3.71. The highest BCUT2D eigenvalue weighted by molar-refractivity contribution is 6.06. The van der Waals surface area contributed by atoms with E-state index in [1.54, 1.807) is 19.2 Å². The minimum absolute atomic E-state index is 0.214. The highest BCUT2D eigenvalue weighted by Crippen LogP contribution is 2.26. The summed E-state index contributed by atoms with van der Waals surface area (Å²) < 4.78 is 5.27. The van der Waals surface area contributed by atoms with Crippen LogP contribution in [0.25, 0.3) is 0 Å². The maximum Gasteiger partial charge on any atom is 0.260 e. The van der Waals surface area contributed by atoms with Crippen molar-refractivity contribution >= 4 is 11.7 Å². The lowest BCUT2D eigenvalue weighted by Gasteiger charge is -2.26. The highest BCUT2D eigenvalue weighted by Gasteiger charge is 2.23. The van der Waals surface area contributed by atoms with E-state index in [2.05, 4.69) is 44.7 Å². The fourth-order valence-corrected chi connectivity index (χ4v) is 3.46. The van der Waals surface area contributed by atoms with Crippen LogP contribution in [0, 0.1) is 0 Å². The molecule has 1 aliphatic rings. The van der Waals surface area contributed by atoms with Gasteiger partial charge in [0.15, 0.2) is 5.82 Å². The van der Waals surface area contributed by atoms with Crippen molar-refractivity contribution in [3.05, 3.63) is 77.0 Å². The Morgan fingerprint density at radius 3 is 2.78 bits per heavy atom. The van der Waals surface area contributed by atoms with Gasteiger partial charge in [-0.05, 0) is 24.1 Å². The number of carbonyl (C=O) groups is 1. The van der Waals surface area contributed by atoms with Gasteiger partial charge in [0.1, 0.15) is 5.75 Å². The van der Waals surface area contributed by atoms with E-state index in [0.29, 0.717) is 17.1 Å². The Morgan fingerprint density at radius 1 is 1.19 bits per heavy atom. The number of nitrogens with one attached hydrogen (secondary N) is 2. The number of nitrogens with zero attached hydrogens (tertiary/aromatic N) is 2. The average Bonchev–Trinajstić information content (AvgIpc) is 3.10. The zero-order chi connectivity index (χ0) is 18.6. The number of hydrogen-bond donors (Lipinski definition) is 2. The van der Waals surface area contributed by atoms with Crippen LogP contribution in [-0.4, -0.2) is 34.7 Å². The molecule has 0 radical (unpaired) electrons. The van der Waals surface area contributed by atoms with Crippen molar-refractivity contribution in [2.45, 2.75) is 19.5 Å². The number of methoxy groups -OCH3 is 1. The summed E-state index contributed by atoms with van der Waals surface area (Å²) in [6, 6.07) is 17.6. The van der Waals surface area contributed by atoms with Crippen LogP contribution < -0.4 is 10.1 Å². The Bertz CT molecular complexity index is 936. The van der Waals surface area contributed by atoms with E-state index in [1.807, 2.05) is 18.2 Å². The number of H-pyrrole nitrogens is 1. The molecule has 1 aliphatic heterocycles. The van der Waals surface area contributed by atoms with Gasteiger partial charge in [0, 0.05) is 25.2 Å². The van der Waals surface area contributed by atoms with E-state index in [0.717, 1.165) is 37.3 Å². The molecule has 6 heteroatoms. The molecule has 0 saturated carbocycles. The second kappa shape index (κ2) is 7.63. The molecule has 138 valence electrons. The first-order valence-corrected chi connectivity index (χ1v) is 9.01. The molecule has 0 atom stereocenters. The number of rotatable bonds is 5. The number of aromatic nitrogens is 2. The second-order valence-corrected chi connectivity index (χ2v) is 6.63. The molecule has 2 heterocycles. The topological polar surface area (TPSA) is 70.2 Å². The van der Waals surface area contributed by atoms with Crippen LogP contribution in [-0.2, 0) is 19.5 Å². The minimum Gasteiger partial charge on any atom is -0.496 e. The molecule has 4 rings (SSSR count). The maximum atomic E-state index is 12.6. The van der Waals surface area contributed by atoms with Gasteiger partial charge in [-0.1, -0.05) is 42.5 Å². The Kier molecular flexibility index (Phi) is 4.89. The van der Waals surface area contributed by atoms with Crippen molar-refractivity contribution in [2.75, 3.05) is 19.0 Å². The minimum atomic E-state index is -0.214. The van der Waals surface area contributed by atoms with E-state index in [9.17, 15) is 4.79 Å². The van der Waals surface area contributed by atoms with Gasteiger partial charge in [-0.15, -0.1) is 0 Å². The molecule has 0 bridgehead atoms. The van der Waals surface area contributed by atoms with Crippen molar-refractivity contribution in [3.8, 4) is 5.75 Å². The summed E-state index contributed by atoms with van der Waals surface area (Å²) in [5, 5.41) is 10.4. The number of para-hydroxylation sites is 1. The Hall–Kier alpha value is -3.12. The van der Waals surface area contributed by atoms with Crippen molar-refractivity contribution in [2.24, 2.45) is 0 Å².